The average Bonchev–Trinajstić information content (AvgIpc) is 3.13. The van der Waals surface area contributed by atoms with E-state index in [9.17, 15) is 14.9 Å². The average molecular weight is 433 g/mol. The molecule has 0 atom stereocenters. The summed E-state index contributed by atoms with van der Waals surface area (Å²) in [5, 5.41) is 10.5. The van der Waals surface area contributed by atoms with Gasteiger partial charge in [-0.1, -0.05) is 84.1 Å². The quantitative estimate of drug-likeness (QED) is 0.333. The molecule has 0 fully saturated rings. The number of pyridine rings is 1. The van der Waals surface area contributed by atoms with Gasteiger partial charge in [-0.3, -0.25) is 9.59 Å². The van der Waals surface area contributed by atoms with Gasteiger partial charge in [-0.15, -0.1) is 0 Å². The van der Waals surface area contributed by atoms with Crippen LogP contribution in [0.5, 0.6) is 0 Å². The Morgan fingerprint density at radius 1 is 0.875 bits per heavy atom. The molecule has 3 aromatic carbocycles. The Hall–Kier alpha value is -4.01. The SMILES string of the molecule is Cc1ccc(Sc2nc(C(=O)c3ccccc3)c3c(c2C#N)-c2ccccc2C3=O)cc1. The Labute approximate surface area is 189 Å². The number of nitriles is 1. The number of rotatable bonds is 4. The minimum absolute atomic E-state index is 0.0843. The molecule has 5 heteroatoms. The summed E-state index contributed by atoms with van der Waals surface area (Å²) >= 11 is 1.32. The number of carbonyl (C=O) groups excluding carboxylic acids is 2. The molecule has 0 saturated heterocycles. The summed E-state index contributed by atoms with van der Waals surface area (Å²) in [6.07, 6.45) is 0. The molecule has 0 radical (unpaired) electrons. The maximum atomic E-state index is 13.4. The van der Waals surface area contributed by atoms with Crippen molar-refractivity contribution in [1.29, 1.82) is 5.26 Å². The molecule has 0 spiro atoms. The highest BCUT2D eigenvalue weighted by atomic mass is 32.2. The molecule has 1 heterocycles. The van der Waals surface area contributed by atoms with E-state index in [-0.39, 0.29) is 22.8 Å². The van der Waals surface area contributed by atoms with Crippen molar-refractivity contribution < 1.29 is 9.59 Å². The Balaban J connectivity index is 1.78. The topological polar surface area (TPSA) is 70.8 Å². The Kier molecular flexibility index (Phi) is 4.93. The molecule has 0 unspecified atom stereocenters. The van der Waals surface area contributed by atoms with Crippen molar-refractivity contribution in [3.63, 3.8) is 0 Å². The van der Waals surface area contributed by atoms with E-state index < -0.39 is 0 Å². The first-order chi connectivity index (χ1) is 15.6. The zero-order chi connectivity index (χ0) is 22.2. The van der Waals surface area contributed by atoms with E-state index >= 15 is 0 Å². The van der Waals surface area contributed by atoms with Crippen molar-refractivity contribution >= 4 is 23.3 Å². The summed E-state index contributed by atoms with van der Waals surface area (Å²) in [6.45, 7) is 2.00. The lowest BCUT2D eigenvalue weighted by molar-refractivity contribution is 0.100. The highest BCUT2D eigenvalue weighted by Gasteiger charge is 2.36. The lowest BCUT2D eigenvalue weighted by Gasteiger charge is -2.13. The maximum absolute atomic E-state index is 13.4. The summed E-state index contributed by atoms with van der Waals surface area (Å²) in [6, 6.07) is 26.0. The van der Waals surface area contributed by atoms with Crippen molar-refractivity contribution in [3.8, 4) is 17.2 Å². The van der Waals surface area contributed by atoms with E-state index in [0.717, 1.165) is 10.5 Å². The second-order valence-electron chi connectivity index (χ2n) is 7.49. The third-order valence-electron chi connectivity index (χ3n) is 5.43. The zero-order valence-corrected chi connectivity index (χ0v) is 17.9. The largest absolute Gasteiger partial charge is 0.288 e. The van der Waals surface area contributed by atoms with E-state index in [1.165, 1.54) is 11.8 Å². The van der Waals surface area contributed by atoms with Crippen LogP contribution in [0.25, 0.3) is 11.1 Å². The van der Waals surface area contributed by atoms with E-state index in [2.05, 4.69) is 11.1 Å². The minimum atomic E-state index is -0.335. The second-order valence-corrected chi connectivity index (χ2v) is 8.55. The van der Waals surface area contributed by atoms with E-state index in [1.54, 1.807) is 36.4 Å². The molecule has 0 saturated carbocycles. The summed E-state index contributed by atoms with van der Waals surface area (Å²) in [5.74, 6) is -0.607. The Morgan fingerprint density at radius 3 is 2.22 bits per heavy atom. The van der Waals surface area contributed by atoms with E-state index in [0.29, 0.717) is 32.8 Å². The molecule has 1 aliphatic carbocycles. The number of carbonyl (C=O) groups is 2. The highest BCUT2D eigenvalue weighted by Crippen LogP contribution is 2.44. The van der Waals surface area contributed by atoms with Gasteiger partial charge in [0.2, 0.25) is 5.78 Å². The van der Waals surface area contributed by atoms with Crippen LogP contribution in [0.15, 0.2) is 88.8 Å². The van der Waals surface area contributed by atoms with Crippen LogP contribution in [0.4, 0.5) is 0 Å². The molecular formula is C27H16N2O2S. The van der Waals surface area contributed by atoms with Crippen molar-refractivity contribution in [1.82, 2.24) is 4.98 Å². The molecule has 0 amide bonds. The van der Waals surface area contributed by atoms with Gasteiger partial charge >= 0.3 is 0 Å². The third-order valence-corrected chi connectivity index (χ3v) is 6.43. The first kappa shape index (κ1) is 19.9. The summed E-state index contributed by atoms with van der Waals surface area (Å²) in [4.78, 5) is 32.3. The van der Waals surface area contributed by atoms with Crippen molar-refractivity contribution in [2.24, 2.45) is 0 Å². The fourth-order valence-electron chi connectivity index (χ4n) is 3.87. The molecule has 32 heavy (non-hydrogen) atoms. The zero-order valence-electron chi connectivity index (χ0n) is 17.1. The predicted molar refractivity (Wildman–Crippen MR) is 123 cm³/mol. The van der Waals surface area contributed by atoms with Crippen molar-refractivity contribution in [3.05, 3.63) is 112 Å². The molecule has 5 rings (SSSR count). The minimum Gasteiger partial charge on any atom is -0.288 e. The van der Waals surface area contributed by atoms with Crippen LogP contribution in [0.3, 0.4) is 0 Å². The van der Waals surface area contributed by atoms with E-state index in [4.69, 9.17) is 0 Å². The fraction of sp³-hybridized carbons (Fsp3) is 0.0370. The van der Waals surface area contributed by atoms with Crippen LogP contribution in [0.1, 0.15) is 43.1 Å². The molecule has 4 nitrogen and oxygen atoms in total. The number of hydrogen-bond acceptors (Lipinski definition) is 5. The fourth-order valence-corrected chi connectivity index (χ4v) is 4.76. The van der Waals surface area contributed by atoms with Crippen molar-refractivity contribution in [2.75, 3.05) is 0 Å². The molecule has 1 aromatic heterocycles. The smallest absolute Gasteiger partial charge is 0.212 e. The van der Waals surface area contributed by atoms with Crippen LogP contribution < -0.4 is 0 Å². The third kappa shape index (κ3) is 3.22. The van der Waals surface area contributed by atoms with Gasteiger partial charge in [-0.2, -0.15) is 5.26 Å². The lowest BCUT2D eigenvalue weighted by atomic mass is 9.97. The molecule has 4 aromatic rings. The van der Waals surface area contributed by atoms with Gasteiger partial charge in [0.25, 0.3) is 0 Å². The van der Waals surface area contributed by atoms with Gasteiger partial charge in [-0.05, 0) is 24.6 Å². The highest BCUT2D eigenvalue weighted by molar-refractivity contribution is 7.99. The molecule has 0 aliphatic heterocycles. The number of aryl methyl sites for hydroxylation is 1. The summed E-state index contributed by atoms with van der Waals surface area (Å²) in [7, 11) is 0. The molecule has 152 valence electrons. The second kappa shape index (κ2) is 7.92. The first-order valence-electron chi connectivity index (χ1n) is 10.0. The van der Waals surface area contributed by atoms with Gasteiger partial charge in [0.15, 0.2) is 5.78 Å². The number of fused-ring (bicyclic) bond motifs is 3. The van der Waals surface area contributed by atoms with Gasteiger partial charge in [0, 0.05) is 21.6 Å². The number of hydrogen-bond donors (Lipinski definition) is 0. The number of benzene rings is 3. The number of nitrogens with zero attached hydrogens (tertiary/aromatic N) is 2. The van der Waals surface area contributed by atoms with Crippen LogP contribution >= 0.6 is 11.8 Å². The molecular weight excluding hydrogens is 416 g/mol. The number of ketones is 2. The van der Waals surface area contributed by atoms with Crippen LogP contribution in [-0.2, 0) is 0 Å². The van der Waals surface area contributed by atoms with Crippen LogP contribution in [0.2, 0.25) is 0 Å². The lowest BCUT2D eigenvalue weighted by Crippen LogP contribution is -2.13. The van der Waals surface area contributed by atoms with E-state index in [1.807, 2.05) is 49.4 Å². The van der Waals surface area contributed by atoms with Crippen LogP contribution in [-0.4, -0.2) is 16.6 Å². The van der Waals surface area contributed by atoms with Crippen LogP contribution in [0, 0.1) is 18.3 Å². The molecule has 1 aliphatic rings. The first-order valence-corrected chi connectivity index (χ1v) is 10.9. The number of aromatic nitrogens is 1. The van der Waals surface area contributed by atoms with Crippen molar-refractivity contribution in [2.45, 2.75) is 16.8 Å². The summed E-state index contributed by atoms with van der Waals surface area (Å²) < 4.78 is 0. The standard InChI is InChI=1S/C27H16N2O2S/c1-16-11-13-18(14-12-16)32-27-21(15-28)22-19-9-5-6-10-20(19)26(31)23(22)24(29-27)25(30)17-7-3-2-4-8-17/h2-14H,1H3. The van der Waals surface area contributed by atoms with Gasteiger partial charge in [0.05, 0.1) is 11.1 Å². The predicted octanol–water partition coefficient (Wildman–Crippen LogP) is 5.86. The monoisotopic (exact) mass is 432 g/mol. The Bertz CT molecular complexity index is 1440. The van der Waals surface area contributed by atoms with Gasteiger partial charge < -0.3 is 0 Å². The normalized spacial score (nSPS) is 11.6. The molecule has 0 N–H and O–H groups in total. The maximum Gasteiger partial charge on any atom is 0.212 e. The Morgan fingerprint density at radius 2 is 1.53 bits per heavy atom. The van der Waals surface area contributed by atoms with Gasteiger partial charge in [-0.25, -0.2) is 4.98 Å². The van der Waals surface area contributed by atoms with Gasteiger partial charge in [0.1, 0.15) is 16.8 Å². The molecule has 0 bridgehead atoms. The summed E-state index contributed by atoms with van der Waals surface area (Å²) in [5.41, 5.74) is 3.83.